The molecular formula is C6H11ClN2O. The monoisotopic (exact) mass is 162 g/mol. The Balaban J connectivity index is 2.41. The summed E-state index contributed by atoms with van der Waals surface area (Å²) in [4.78, 5) is 12.5. The number of hydrogen-bond acceptors (Lipinski definition) is 1. The molecular weight excluding hydrogens is 152 g/mol. The first-order valence-electron chi connectivity index (χ1n) is 3.32. The van der Waals surface area contributed by atoms with Gasteiger partial charge in [0.2, 0.25) is 0 Å². The van der Waals surface area contributed by atoms with Crippen LogP contribution in [0.5, 0.6) is 0 Å². The van der Waals surface area contributed by atoms with Crippen molar-refractivity contribution in [3.63, 3.8) is 0 Å². The molecule has 1 unspecified atom stereocenters. The zero-order valence-electron chi connectivity index (χ0n) is 5.93. The topological polar surface area (TPSA) is 32.3 Å². The second kappa shape index (κ2) is 3.10. The fourth-order valence-corrected chi connectivity index (χ4v) is 1.31. The lowest BCUT2D eigenvalue weighted by molar-refractivity contribution is 0.215. The van der Waals surface area contributed by atoms with Crippen LogP contribution in [0.1, 0.15) is 6.42 Å². The summed E-state index contributed by atoms with van der Waals surface area (Å²) in [5, 5.41) is 2.73. The standard InChI is InChI=1S/C6H11ClN2O/c1-9-5(2-3-7)4-8-6(9)10/h5H,2-4H2,1H3,(H,8,10). The van der Waals surface area contributed by atoms with Gasteiger partial charge in [0.15, 0.2) is 0 Å². The highest BCUT2D eigenvalue weighted by molar-refractivity contribution is 6.17. The van der Waals surface area contributed by atoms with Crippen molar-refractivity contribution in [3.05, 3.63) is 0 Å². The molecule has 10 heavy (non-hydrogen) atoms. The van der Waals surface area contributed by atoms with Crippen molar-refractivity contribution in [1.29, 1.82) is 0 Å². The van der Waals surface area contributed by atoms with Crippen LogP contribution in [0.4, 0.5) is 4.79 Å². The molecule has 1 rings (SSSR count). The number of halogens is 1. The number of amides is 2. The summed E-state index contributed by atoms with van der Waals surface area (Å²) in [6, 6.07) is 0.306. The molecule has 1 fully saturated rings. The second-order valence-corrected chi connectivity index (χ2v) is 2.81. The summed E-state index contributed by atoms with van der Waals surface area (Å²) in [5.41, 5.74) is 0. The molecule has 0 radical (unpaired) electrons. The molecule has 2 amide bonds. The number of hydrogen-bond donors (Lipinski definition) is 1. The molecule has 4 heteroatoms. The van der Waals surface area contributed by atoms with Gasteiger partial charge in [-0.3, -0.25) is 0 Å². The lowest BCUT2D eigenvalue weighted by Crippen LogP contribution is -2.30. The predicted molar refractivity (Wildman–Crippen MR) is 40.3 cm³/mol. The molecule has 1 saturated heterocycles. The highest BCUT2D eigenvalue weighted by Crippen LogP contribution is 2.07. The number of rotatable bonds is 2. The Morgan fingerprint density at radius 2 is 2.60 bits per heavy atom. The van der Waals surface area contributed by atoms with Gasteiger partial charge < -0.3 is 10.2 Å². The zero-order chi connectivity index (χ0) is 7.56. The average Bonchev–Trinajstić information content (AvgIpc) is 2.20. The minimum absolute atomic E-state index is 0.00937. The van der Waals surface area contributed by atoms with E-state index in [4.69, 9.17) is 11.6 Å². The molecule has 0 spiro atoms. The third-order valence-corrected chi connectivity index (χ3v) is 2.02. The van der Waals surface area contributed by atoms with Gasteiger partial charge in [-0.2, -0.15) is 0 Å². The van der Waals surface area contributed by atoms with Crippen LogP contribution in [0.25, 0.3) is 0 Å². The van der Waals surface area contributed by atoms with Crippen molar-refractivity contribution >= 4 is 17.6 Å². The minimum Gasteiger partial charge on any atom is -0.336 e. The maximum absolute atomic E-state index is 10.8. The SMILES string of the molecule is CN1C(=O)NCC1CCCl. The summed E-state index contributed by atoms with van der Waals surface area (Å²) in [6.07, 6.45) is 0.872. The van der Waals surface area contributed by atoms with Crippen LogP contribution in [-0.4, -0.2) is 36.4 Å². The van der Waals surface area contributed by atoms with Crippen LogP contribution in [0.3, 0.4) is 0 Å². The van der Waals surface area contributed by atoms with Gasteiger partial charge in [-0.1, -0.05) is 0 Å². The summed E-state index contributed by atoms with van der Waals surface area (Å²) in [5.74, 6) is 0.615. The lowest BCUT2D eigenvalue weighted by atomic mass is 10.2. The van der Waals surface area contributed by atoms with Crippen LogP contribution >= 0.6 is 11.6 Å². The largest absolute Gasteiger partial charge is 0.336 e. The Bertz CT molecular complexity index is 140. The van der Waals surface area contributed by atoms with Crippen LogP contribution in [0.2, 0.25) is 0 Å². The maximum atomic E-state index is 10.8. The van der Waals surface area contributed by atoms with E-state index in [1.54, 1.807) is 11.9 Å². The van der Waals surface area contributed by atoms with Gasteiger partial charge in [0, 0.05) is 19.5 Å². The van der Waals surface area contributed by atoms with Crippen molar-refractivity contribution in [2.24, 2.45) is 0 Å². The van der Waals surface area contributed by atoms with Gasteiger partial charge in [-0.05, 0) is 6.42 Å². The Hall–Kier alpha value is -0.440. The third-order valence-electron chi connectivity index (χ3n) is 1.80. The van der Waals surface area contributed by atoms with Gasteiger partial charge in [-0.15, -0.1) is 11.6 Å². The van der Waals surface area contributed by atoms with Gasteiger partial charge in [0.25, 0.3) is 0 Å². The number of nitrogens with one attached hydrogen (secondary N) is 1. The molecule has 1 aliphatic rings. The number of nitrogens with zero attached hydrogens (tertiary/aromatic N) is 1. The smallest absolute Gasteiger partial charge is 0.317 e. The fraction of sp³-hybridized carbons (Fsp3) is 0.833. The Kier molecular flexibility index (Phi) is 2.38. The number of urea groups is 1. The maximum Gasteiger partial charge on any atom is 0.317 e. The molecule has 1 N–H and O–H groups in total. The Morgan fingerprint density at radius 3 is 3.00 bits per heavy atom. The normalized spacial score (nSPS) is 25.2. The van der Waals surface area contributed by atoms with Crippen LogP contribution in [-0.2, 0) is 0 Å². The zero-order valence-corrected chi connectivity index (χ0v) is 6.69. The van der Waals surface area contributed by atoms with Gasteiger partial charge in [0.1, 0.15) is 0 Å². The minimum atomic E-state index is 0.00937. The molecule has 0 aromatic heterocycles. The number of alkyl halides is 1. The molecule has 58 valence electrons. The van der Waals surface area contributed by atoms with Gasteiger partial charge in [-0.25, -0.2) is 4.79 Å². The van der Waals surface area contributed by atoms with E-state index in [0.29, 0.717) is 11.9 Å². The highest BCUT2D eigenvalue weighted by Gasteiger charge is 2.25. The van der Waals surface area contributed by atoms with E-state index in [1.807, 2.05) is 0 Å². The summed E-state index contributed by atoms with van der Waals surface area (Å²) in [7, 11) is 1.79. The fourth-order valence-electron chi connectivity index (χ4n) is 1.05. The van der Waals surface area contributed by atoms with Crippen LogP contribution in [0.15, 0.2) is 0 Å². The molecule has 1 heterocycles. The van der Waals surface area contributed by atoms with E-state index in [-0.39, 0.29) is 6.03 Å². The Morgan fingerprint density at radius 1 is 1.90 bits per heavy atom. The Labute approximate surface area is 65.3 Å². The van der Waals surface area contributed by atoms with E-state index in [0.717, 1.165) is 13.0 Å². The lowest BCUT2D eigenvalue weighted by Gasteiger charge is -2.15. The van der Waals surface area contributed by atoms with Crippen LogP contribution < -0.4 is 5.32 Å². The average molecular weight is 163 g/mol. The summed E-state index contributed by atoms with van der Waals surface area (Å²) < 4.78 is 0. The molecule has 1 atom stereocenters. The number of carbonyl (C=O) groups is 1. The number of carbonyl (C=O) groups excluding carboxylic acids is 1. The quantitative estimate of drug-likeness (QED) is 0.594. The molecule has 0 aliphatic carbocycles. The van der Waals surface area contributed by atoms with Gasteiger partial charge in [0.05, 0.1) is 6.04 Å². The van der Waals surface area contributed by atoms with Crippen molar-refractivity contribution in [1.82, 2.24) is 10.2 Å². The molecule has 1 aliphatic heterocycles. The van der Waals surface area contributed by atoms with E-state index < -0.39 is 0 Å². The van der Waals surface area contributed by atoms with Gasteiger partial charge >= 0.3 is 6.03 Å². The van der Waals surface area contributed by atoms with Crippen molar-refractivity contribution < 1.29 is 4.79 Å². The molecule has 0 aromatic rings. The summed E-state index contributed by atoms with van der Waals surface area (Å²) >= 11 is 5.53. The van der Waals surface area contributed by atoms with Crippen molar-refractivity contribution in [3.8, 4) is 0 Å². The summed E-state index contributed by atoms with van der Waals surface area (Å²) in [6.45, 7) is 0.738. The first-order chi connectivity index (χ1) is 4.75. The van der Waals surface area contributed by atoms with E-state index in [9.17, 15) is 4.79 Å². The van der Waals surface area contributed by atoms with E-state index in [1.165, 1.54) is 0 Å². The molecule has 0 saturated carbocycles. The van der Waals surface area contributed by atoms with E-state index in [2.05, 4.69) is 5.32 Å². The predicted octanol–water partition coefficient (Wildman–Crippen LogP) is 0.639. The third kappa shape index (κ3) is 1.34. The molecule has 0 aromatic carbocycles. The highest BCUT2D eigenvalue weighted by atomic mass is 35.5. The van der Waals surface area contributed by atoms with Crippen molar-refractivity contribution in [2.45, 2.75) is 12.5 Å². The van der Waals surface area contributed by atoms with E-state index >= 15 is 0 Å². The van der Waals surface area contributed by atoms with Crippen LogP contribution in [0, 0.1) is 0 Å². The first kappa shape index (κ1) is 7.66. The second-order valence-electron chi connectivity index (χ2n) is 2.43. The molecule has 3 nitrogen and oxygen atoms in total. The molecule has 0 bridgehead atoms. The number of likely N-dealkylation sites (N-methyl/N-ethyl adjacent to an activating group) is 1. The van der Waals surface area contributed by atoms with Crippen molar-refractivity contribution in [2.75, 3.05) is 19.5 Å². The first-order valence-corrected chi connectivity index (χ1v) is 3.85.